The van der Waals surface area contributed by atoms with Crippen LogP contribution in [-0.2, 0) is 15.8 Å². The molecule has 2 N–H and O–H groups in total. The highest BCUT2D eigenvalue weighted by Gasteiger charge is 2.21. The van der Waals surface area contributed by atoms with Crippen molar-refractivity contribution in [3.05, 3.63) is 30.1 Å². The highest BCUT2D eigenvalue weighted by molar-refractivity contribution is 7.88. The molecular weight excluding hydrogens is 226 g/mol. The first kappa shape index (κ1) is 11.5. The number of hydrogen-bond donors (Lipinski definition) is 2. The van der Waals surface area contributed by atoms with E-state index in [1.165, 1.54) is 0 Å². The number of nitrogens with one attached hydrogen (secondary N) is 2. The van der Waals surface area contributed by atoms with Crippen molar-refractivity contribution in [2.24, 2.45) is 0 Å². The second-order valence-electron chi connectivity index (χ2n) is 3.89. The van der Waals surface area contributed by atoms with Crippen molar-refractivity contribution in [3.63, 3.8) is 0 Å². The van der Waals surface area contributed by atoms with Gasteiger partial charge in [-0.2, -0.15) is 0 Å². The van der Waals surface area contributed by atoms with Gasteiger partial charge in [0, 0.05) is 18.8 Å². The van der Waals surface area contributed by atoms with E-state index in [2.05, 4.69) is 15.0 Å². The summed E-state index contributed by atoms with van der Waals surface area (Å²) in [4.78, 5) is 4.00. The van der Waals surface area contributed by atoms with E-state index in [-0.39, 0.29) is 11.8 Å². The van der Waals surface area contributed by atoms with E-state index in [1.807, 2.05) is 0 Å². The lowest BCUT2D eigenvalue weighted by Gasteiger charge is -2.11. The van der Waals surface area contributed by atoms with E-state index < -0.39 is 10.0 Å². The zero-order valence-corrected chi connectivity index (χ0v) is 9.70. The summed E-state index contributed by atoms with van der Waals surface area (Å²) >= 11 is 0. The Labute approximate surface area is 95.3 Å². The summed E-state index contributed by atoms with van der Waals surface area (Å²) in [6.07, 6.45) is 2.45. The minimum absolute atomic E-state index is 0.0220. The van der Waals surface area contributed by atoms with Gasteiger partial charge in [0.25, 0.3) is 0 Å². The van der Waals surface area contributed by atoms with Crippen LogP contribution >= 0.6 is 0 Å². The molecule has 0 aliphatic carbocycles. The van der Waals surface area contributed by atoms with Gasteiger partial charge in [-0.05, 0) is 25.1 Å². The Balaban J connectivity index is 1.97. The van der Waals surface area contributed by atoms with Crippen molar-refractivity contribution in [1.82, 2.24) is 15.0 Å². The molecular formula is C10H15N3O2S. The van der Waals surface area contributed by atoms with E-state index >= 15 is 0 Å². The summed E-state index contributed by atoms with van der Waals surface area (Å²) in [5.41, 5.74) is 0.570. The van der Waals surface area contributed by atoms with Crippen LogP contribution in [0.25, 0.3) is 0 Å². The third kappa shape index (κ3) is 3.26. The second kappa shape index (κ2) is 4.90. The van der Waals surface area contributed by atoms with E-state index in [1.54, 1.807) is 24.4 Å². The molecule has 1 aromatic rings. The van der Waals surface area contributed by atoms with Crippen molar-refractivity contribution < 1.29 is 8.42 Å². The molecule has 0 amide bonds. The summed E-state index contributed by atoms with van der Waals surface area (Å²) in [5.74, 6) is -0.0513. The van der Waals surface area contributed by atoms with Crippen LogP contribution in [0.2, 0.25) is 0 Å². The number of aromatic nitrogens is 1. The SMILES string of the molecule is O=S(=O)(Cc1ccccn1)N[C@@H]1CCNC1. The van der Waals surface area contributed by atoms with Gasteiger partial charge in [0.1, 0.15) is 5.75 Å². The van der Waals surface area contributed by atoms with E-state index in [0.717, 1.165) is 13.0 Å². The lowest BCUT2D eigenvalue weighted by molar-refractivity contribution is 0.558. The number of hydrogen-bond acceptors (Lipinski definition) is 4. The van der Waals surface area contributed by atoms with Crippen LogP contribution in [0, 0.1) is 0 Å². The first-order valence-electron chi connectivity index (χ1n) is 5.26. The quantitative estimate of drug-likeness (QED) is 0.770. The smallest absolute Gasteiger partial charge is 0.217 e. The maximum absolute atomic E-state index is 11.8. The molecule has 0 spiro atoms. The Morgan fingerprint density at radius 1 is 1.50 bits per heavy atom. The number of sulfonamides is 1. The first-order chi connectivity index (χ1) is 7.66. The van der Waals surface area contributed by atoms with Gasteiger partial charge in [-0.25, -0.2) is 13.1 Å². The molecule has 0 bridgehead atoms. The van der Waals surface area contributed by atoms with Crippen LogP contribution in [0.15, 0.2) is 24.4 Å². The number of pyridine rings is 1. The van der Waals surface area contributed by atoms with Gasteiger partial charge in [0.15, 0.2) is 0 Å². The largest absolute Gasteiger partial charge is 0.315 e. The van der Waals surface area contributed by atoms with Gasteiger partial charge in [-0.3, -0.25) is 4.98 Å². The summed E-state index contributed by atoms with van der Waals surface area (Å²) < 4.78 is 26.2. The standard InChI is InChI=1S/C10H15N3O2S/c14-16(15,13-9-4-6-11-7-9)8-10-3-1-2-5-12-10/h1-3,5,9,11,13H,4,6-8H2/t9-/m1/s1. The molecule has 1 aromatic heterocycles. The van der Waals surface area contributed by atoms with E-state index in [4.69, 9.17) is 0 Å². The van der Waals surface area contributed by atoms with Gasteiger partial charge >= 0.3 is 0 Å². The van der Waals surface area contributed by atoms with Gasteiger partial charge in [0.2, 0.25) is 10.0 Å². The van der Waals surface area contributed by atoms with Crippen LogP contribution in [0.1, 0.15) is 12.1 Å². The molecule has 5 nitrogen and oxygen atoms in total. The third-order valence-electron chi connectivity index (χ3n) is 2.47. The second-order valence-corrected chi connectivity index (χ2v) is 5.64. The summed E-state index contributed by atoms with van der Waals surface area (Å²) in [6, 6.07) is 5.29. The lowest BCUT2D eigenvalue weighted by atomic mass is 10.3. The molecule has 1 aliphatic rings. The Morgan fingerprint density at radius 2 is 2.38 bits per heavy atom. The van der Waals surface area contributed by atoms with Crippen molar-refractivity contribution in [2.75, 3.05) is 13.1 Å². The molecule has 0 radical (unpaired) electrons. The Bertz CT molecular complexity index is 427. The predicted molar refractivity (Wildman–Crippen MR) is 61.3 cm³/mol. The Kier molecular flexibility index (Phi) is 3.52. The normalized spacial score (nSPS) is 21.1. The summed E-state index contributed by atoms with van der Waals surface area (Å²) in [5, 5.41) is 3.12. The highest BCUT2D eigenvalue weighted by Crippen LogP contribution is 2.04. The van der Waals surface area contributed by atoms with Crippen molar-refractivity contribution in [1.29, 1.82) is 0 Å². The average molecular weight is 241 g/mol. The third-order valence-corrected chi connectivity index (χ3v) is 3.84. The topological polar surface area (TPSA) is 71.1 Å². The molecule has 88 valence electrons. The van der Waals surface area contributed by atoms with Crippen LogP contribution in [0.3, 0.4) is 0 Å². The Morgan fingerprint density at radius 3 is 3.00 bits per heavy atom. The van der Waals surface area contributed by atoms with Crippen LogP contribution < -0.4 is 10.0 Å². The molecule has 16 heavy (non-hydrogen) atoms. The predicted octanol–water partition coefficient (Wildman–Crippen LogP) is -0.137. The number of nitrogens with zero attached hydrogens (tertiary/aromatic N) is 1. The molecule has 0 aromatic carbocycles. The van der Waals surface area contributed by atoms with Gasteiger partial charge < -0.3 is 5.32 Å². The fourth-order valence-corrected chi connectivity index (χ4v) is 3.08. The van der Waals surface area contributed by atoms with E-state index in [9.17, 15) is 8.42 Å². The van der Waals surface area contributed by atoms with Gasteiger partial charge in [0.05, 0.1) is 5.69 Å². The maximum atomic E-state index is 11.8. The molecule has 0 saturated carbocycles. The fraction of sp³-hybridized carbons (Fsp3) is 0.500. The Hall–Kier alpha value is -0.980. The molecule has 1 aliphatic heterocycles. The molecule has 2 heterocycles. The minimum atomic E-state index is -3.27. The fourth-order valence-electron chi connectivity index (χ4n) is 1.73. The van der Waals surface area contributed by atoms with Crippen LogP contribution in [0.5, 0.6) is 0 Å². The maximum Gasteiger partial charge on any atom is 0.217 e. The summed E-state index contributed by atoms with van der Waals surface area (Å²) in [7, 11) is -3.27. The zero-order valence-electron chi connectivity index (χ0n) is 8.89. The van der Waals surface area contributed by atoms with Crippen molar-refractivity contribution in [3.8, 4) is 0 Å². The van der Waals surface area contributed by atoms with Crippen molar-refractivity contribution in [2.45, 2.75) is 18.2 Å². The molecule has 0 unspecified atom stereocenters. The van der Waals surface area contributed by atoms with Crippen molar-refractivity contribution >= 4 is 10.0 Å². The average Bonchev–Trinajstić information content (AvgIpc) is 2.70. The monoisotopic (exact) mass is 241 g/mol. The van der Waals surface area contributed by atoms with Crippen LogP contribution in [-0.4, -0.2) is 32.5 Å². The minimum Gasteiger partial charge on any atom is -0.315 e. The molecule has 1 atom stereocenters. The van der Waals surface area contributed by atoms with E-state index in [0.29, 0.717) is 12.2 Å². The van der Waals surface area contributed by atoms with Crippen LogP contribution in [0.4, 0.5) is 0 Å². The molecule has 2 rings (SSSR count). The lowest BCUT2D eigenvalue weighted by Crippen LogP contribution is -2.37. The first-order valence-corrected chi connectivity index (χ1v) is 6.91. The molecule has 1 saturated heterocycles. The van der Waals surface area contributed by atoms with Gasteiger partial charge in [-0.15, -0.1) is 0 Å². The number of rotatable bonds is 4. The van der Waals surface area contributed by atoms with Gasteiger partial charge in [-0.1, -0.05) is 6.07 Å². The molecule has 1 fully saturated rings. The summed E-state index contributed by atoms with van der Waals surface area (Å²) in [6.45, 7) is 1.58. The highest BCUT2D eigenvalue weighted by atomic mass is 32.2. The zero-order chi connectivity index (χ0) is 11.4. The molecule has 6 heteroatoms.